The fourth-order valence-electron chi connectivity index (χ4n) is 0.179. The Bertz CT molecular complexity index is 210. The van der Waals surface area contributed by atoms with Crippen molar-refractivity contribution in [1.29, 1.82) is 0 Å². The summed E-state index contributed by atoms with van der Waals surface area (Å²) in [5, 5.41) is 0. The predicted molar refractivity (Wildman–Crippen MR) is 34.2 cm³/mol. The fraction of sp³-hybridized carbons (Fsp3) is 0.667. The van der Waals surface area contributed by atoms with E-state index in [9.17, 15) is 17.8 Å². The first-order valence-electron chi connectivity index (χ1n) is 2.13. The van der Waals surface area contributed by atoms with Crippen LogP contribution >= 0.6 is 10.8 Å². The van der Waals surface area contributed by atoms with Gasteiger partial charge >= 0.3 is 35.5 Å². The zero-order valence-corrected chi connectivity index (χ0v) is 9.70. The van der Waals surface area contributed by atoms with E-state index in [0.29, 0.717) is 0 Å². The normalized spacial score (nSPS) is 10.0. The van der Waals surface area contributed by atoms with Crippen LogP contribution in [-0.2, 0) is 18.7 Å². The van der Waals surface area contributed by atoms with Crippen LogP contribution in [0, 0.1) is 0 Å². The van der Waals surface area contributed by atoms with Gasteiger partial charge in [0.05, 0.1) is 7.11 Å². The molecule has 0 atom stereocenters. The maximum atomic E-state index is 10.2. The van der Waals surface area contributed by atoms with E-state index in [4.69, 9.17) is 0 Å². The van der Waals surface area contributed by atoms with Gasteiger partial charge in [0.15, 0.2) is 0 Å². The molecule has 5 nitrogen and oxygen atoms in total. The van der Waals surface area contributed by atoms with Crippen LogP contribution in [0.2, 0.25) is 0 Å². The number of carbonyl (C=O) groups is 1. The molecule has 0 aromatic rings. The van der Waals surface area contributed by atoms with Crippen LogP contribution in [0.3, 0.4) is 0 Å². The molecule has 0 aromatic heterocycles. The van der Waals surface area contributed by atoms with Crippen LogP contribution in [-0.4, -0.2) is 31.8 Å². The number of rotatable bonds is 3. The number of ether oxygens (including phenoxy) is 1. The van der Waals surface area contributed by atoms with Gasteiger partial charge in [-0.1, -0.05) is 0 Å². The molecule has 8 heteroatoms. The summed E-state index contributed by atoms with van der Waals surface area (Å²) >= 11 is 0. The first kappa shape index (κ1) is 14.3. The SMILES string of the molecule is COC(=O)CSS(=O)(=O)[O-].[Na+]. The van der Waals surface area contributed by atoms with E-state index in [-0.39, 0.29) is 40.4 Å². The van der Waals surface area contributed by atoms with Gasteiger partial charge in [0.2, 0.25) is 0 Å². The topological polar surface area (TPSA) is 83.5 Å². The van der Waals surface area contributed by atoms with Gasteiger partial charge in [-0.3, -0.25) is 4.79 Å². The Morgan fingerprint density at radius 2 is 2.09 bits per heavy atom. The third kappa shape index (κ3) is 10.7. The van der Waals surface area contributed by atoms with Crippen molar-refractivity contribution in [1.82, 2.24) is 0 Å². The second-order valence-electron chi connectivity index (χ2n) is 1.25. The molecule has 0 aliphatic carbocycles. The van der Waals surface area contributed by atoms with Crippen LogP contribution in [0.25, 0.3) is 0 Å². The summed E-state index contributed by atoms with van der Waals surface area (Å²) in [5.74, 6) is -1.19. The number of esters is 1. The van der Waals surface area contributed by atoms with Crippen molar-refractivity contribution in [2.24, 2.45) is 0 Å². The Labute approximate surface area is 90.3 Å². The van der Waals surface area contributed by atoms with Crippen molar-refractivity contribution < 1.29 is 52.1 Å². The summed E-state index contributed by atoms with van der Waals surface area (Å²) < 4.78 is 33.6. The molecule has 0 radical (unpaired) electrons. The van der Waals surface area contributed by atoms with E-state index in [0.717, 1.165) is 7.11 Å². The van der Waals surface area contributed by atoms with Crippen LogP contribution in [0.5, 0.6) is 0 Å². The zero-order valence-electron chi connectivity index (χ0n) is 6.06. The van der Waals surface area contributed by atoms with Gasteiger partial charge in [-0.2, -0.15) is 0 Å². The van der Waals surface area contributed by atoms with Crippen molar-refractivity contribution in [3.63, 3.8) is 0 Å². The van der Waals surface area contributed by atoms with Crippen LogP contribution in [0.1, 0.15) is 0 Å². The standard InChI is InChI=1S/C3H6O5S2.Na/c1-8-3(4)2-9-10(5,6)7;/h2H2,1H3,(H,5,6,7);/q;+1/p-1. The van der Waals surface area contributed by atoms with Gasteiger partial charge in [0.1, 0.15) is 14.9 Å². The minimum absolute atomic E-state index is 0. The molecule has 0 amide bonds. The molecule has 0 N–H and O–H groups in total. The number of hydrogen-bond donors (Lipinski definition) is 0. The minimum atomic E-state index is -4.36. The molecule has 0 saturated carbocycles. The van der Waals surface area contributed by atoms with E-state index >= 15 is 0 Å². The monoisotopic (exact) mass is 208 g/mol. The molecular weight excluding hydrogens is 203 g/mol. The molecule has 0 saturated heterocycles. The molecule has 0 fully saturated rings. The number of hydrogen-bond acceptors (Lipinski definition) is 6. The number of methoxy groups -OCH3 is 1. The van der Waals surface area contributed by atoms with E-state index in [2.05, 4.69) is 4.74 Å². The summed E-state index contributed by atoms with van der Waals surface area (Å²) in [7, 11) is -3.24. The Hall–Kier alpha value is 0.730. The molecule has 0 aliphatic rings. The maximum absolute atomic E-state index is 10.2. The van der Waals surface area contributed by atoms with Gasteiger partial charge < -0.3 is 9.29 Å². The average molecular weight is 208 g/mol. The van der Waals surface area contributed by atoms with Crippen molar-refractivity contribution in [3.05, 3.63) is 0 Å². The zero-order chi connectivity index (χ0) is 8.20. The molecule has 0 rings (SSSR count). The summed E-state index contributed by atoms with van der Waals surface area (Å²) in [4.78, 5) is 10.2. The van der Waals surface area contributed by atoms with Gasteiger partial charge in [-0.15, -0.1) is 0 Å². The Morgan fingerprint density at radius 1 is 1.64 bits per heavy atom. The van der Waals surface area contributed by atoms with E-state index in [1.54, 1.807) is 0 Å². The molecule has 60 valence electrons. The molecule has 0 aliphatic heterocycles. The molecule has 11 heavy (non-hydrogen) atoms. The minimum Gasteiger partial charge on any atom is -0.739 e. The third-order valence-corrected chi connectivity index (χ3v) is 2.41. The predicted octanol–water partition coefficient (Wildman–Crippen LogP) is -3.64. The molecule has 0 spiro atoms. The van der Waals surface area contributed by atoms with Crippen molar-refractivity contribution >= 4 is 25.9 Å². The van der Waals surface area contributed by atoms with Crippen LogP contribution in [0.15, 0.2) is 0 Å². The van der Waals surface area contributed by atoms with Crippen LogP contribution in [0.4, 0.5) is 0 Å². The van der Waals surface area contributed by atoms with Crippen LogP contribution < -0.4 is 29.6 Å². The Morgan fingerprint density at radius 3 is 2.36 bits per heavy atom. The first-order chi connectivity index (χ1) is 4.45. The quantitative estimate of drug-likeness (QED) is 0.206. The number of carbonyl (C=O) groups excluding carboxylic acids is 1. The average Bonchev–Trinajstić information content (AvgIpc) is 1.81. The smallest absolute Gasteiger partial charge is 0.739 e. The Kier molecular flexibility index (Phi) is 8.13. The molecule has 0 aromatic carbocycles. The van der Waals surface area contributed by atoms with Gasteiger partial charge in [-0.05, 0) is 10.8 Å². The van der Waals surface area contributed by atoms with Crippen molar-refractivity contribution in [3.8, 4) is 0 Å². The largest absolute Gasteiger partial charge is 1.00 e. The van der Waals surface area contributed by atoms with Gasteiger partial charge in [0, 0.05) is 0 Å². The van der Waals surface area contributed by atoms with Crippen molar-refractivity contribution in [2.45, 2.75) is 0 Å². The summed E-state index contributed by atoms with van der Waals surface area (Å²) in [6, 6.07) is 0. The third-order valence-electron chi connectivity index (χ3n) is 0.549. The maximum Gasteiger partial charge on any atom is 1.00 e. The van der Waals surface area contributed by atoms with Crippen molar-refractivity contribution in [2.75, 3.05) is 12.9 Å². The van der Waals surface area contributed by atoms with E-state index < -0.39 is 20.9 Å². The summed E-state index contributed by atoms with van der Waals surface area (Å²) in [6.45, 7) is 0. The summed E-state index contributed by atoms with van der Waals surface area (Å²) in [5.41, 5.74) is 0. The van der Waals surface area contributed by atoms with Gasteiger partial charge in [-0.25, -0.2) is 8.42 Å². The molecular formula is C3H5NaO5S2. The fourth-order valence-corrected chi connectivity index (χ4v) is 1.26. The van der Waals surface area contributed by atoms with Gasteiger partial charge in [0.25, 0.3) is 0 Å². The van der Waals surface area contributed by atoms with E-state index in [1.807, 2.05) is 0 Å². The first-order valence-corrected chi connectivity index (χ1v) is 5.04. The second kappa shape index (κ2) is 6.27. The summed E-state index contributed by atoms with van der Waals surface area (Å²) in [6.07, 6.45) is 0. The molecule has 0 heterocycles. The molecule has 0 unspecified atom stereocenters. The molecule has 0 bridgehead atoms. The second-order valence-corrected chi connectivity index (χ2v) is 4.52. The van der Waals surface area contributed by atoms with E-state index in [1.165, 1.54) is 0 Å². The Balaban J connectivity index is 0.